The molecule has 1 aliphatic heterocycles. The van der Waals surface area contributed by atoms with E-state index in [-0.39, 0.29) is 29.1 Å². The summed E-state index contributed by atoms with van der Waals surface area (Å²) in [5.74, 6) is 0.0652. The van der Waals surface area contributed by atoms with Crippen molar-refractivity contribution in [1.82, 2.24) is 4.90 Å². The molecule has 2 fully saturated rings. The summed E-state index contributed by atoms with van der Waals surface area (Å²) in [4.78, 5) is 26.2. The van der Waals surface area contributed by atoms with Gasteiger partial charge < -0.3 is 9.64 Å². The van der Waals surface area contributed by atoms with E-state index in [1.54, 1.807) is 0 Å². The molecule has 4 heteroatoms. The van der Waals surface area contributed by atoms with Crippen molar-refractivity contribution in [2.24, 2.45) is 17.3 Å². The summed E-state index contributed by atoms with van der Waals surface area (Å²) in [6.07, 6.45) is 4.99. The molecule has 0 aromatic heterocycles. The van der Waals surface area contributed by atoms with Gasteiger partial charge in [-0.05, 0) is 31.1 Å². The van der Waals surface area contributed by atoms with Gasteiger partial charge in [0.2, 0.25) is 5.91 Å². The zero-order valence-electron chi connectivity index (χ0n) is 12.3. The first-order valence-corrected chi connectivity index (χ1v) is 7.32. The molecule has 1 aliphatic carbocycles. The Morgan fingerprint density at radius 1 is 1.21 bits per heavy atom. The lowest BCUT2D eigenvalue weighted by Gasteiger charge is -2.36. The predicted molar refractivity (Wildman–Crippen MR) is 72.4 cm³/mol. The van der Waals surface area contributed by atoms with E-state index in [0.29, 0.717) is 6.54 Å². The van der Waals surface area contributed by atoms with Crippen LogP contribution in [0.4, 0.5) is 0 Å². The van der Waals surface area contributed by atoms with Crippen LogP contribution in [0.1, 0.15) is 46.0 Å². The molecule has 1 saturated heterocycles. The van der Waals surface area contributed by atoms with E-state index < -0.39 is 0 Å². The van der Waals surface area contributed by atoms with Crippen molar-refractivity contribution in [3.05, 3.63) is 0 Å². The smallest absolute Gasteiger partial charge is 0.310 e. The Balaban J connectivity index is 2.01. The highest BCUT2D eigenvalue weighted by atomic mass is 16.5. The first-order chi connectivity index (χ1) is 8.95. The highest BCUT2D eigenvalue weighted by molar-refractivity contribution is 5.81. The SMILES string of the molecule is COC(=O)[C@H]1CCCN(C(=O)C2CCCC2(C)C)C1. The number of carbonyl (C=O) groups is 2. The molecule has 0 N–H and O–H groups in total. The largest absolute Gasteiger partial charge is 0.469 e. The Hall–Kier alpha value is -1.06. The van der Waals surface area contributed by atoms with Crippen LogP contribution in [0.25, 0.3) is 0 Å². The number of nitrogens with zero attached hydrogens (tertiary/aromatic N) is 1. The number of esters is 1. The van der Waals surface area contributed by atoms with Crippen LogP contribution in [-0.2, 0) is 14.3 Å². The van der Waals surface area contributed by atoms with E-state index >= 15 is 0 Å². The number of ether oxygens (including phenoxy) is 1. The minimum atomic E-state index is -0.178. The van der Waals surface area contributed by atoms with Crippen LogP contribution < -0.4 is 0 Å². The topological polar surface area (TPSA) is 46.6 Å². The quantitative estimate of drug-likeness (QED) is 0.721. The summed E-state index contributed by atoms with van der Waals surface area (Å²) in [7, 11) is 1.42. The highest BCUT2D eigenvalue weighted by Gasteiger charge is 2.42. The molecule has 0 bridgehead atoms. The summed E-state index contributed by atoms with van der Waals surface area (Å²) >= 11 is 0. The molecule has 1 unspecified atom stereocenters. The van der Waals surface area contributed by atoms with Crippen molar-refractivity contribution >= 4 is 11.9 Å². The first kappa shape index (κ1) is 14.4. The zero-order chi connectivity index (χ0) is 14.0. The number of hydrogen-bond acceptors (Lipinski definition) is 3. The average molecular weight is 267 g/mol. The molecule has 0 spiro atoms. The highest BCUT2D eigenvalue weighted by Crippen LogP contribution is 2.43. The van der Waals surface area contributed by atoms with Gasteiger partial charge in [0.25, 0.3) is 0 Å². The number of carbonyl (C=O) groups excluding carboxylic acids is 2. The van der Waals surface area contributed by atoms with Crippen molar-refractivity contribution in [1.29, 1.82) is 0 Å². The Morgan fingerprint density at radius 2 is 1.95 bits per heavy atom. The molecular weight excluding hydrogens is 242 g/mol. The maximum Gasteiger partial charge on any atom is 0.310 e. The molecule has 1 amide bonds. The van der Waals surface area contributed by atoms with Crippen LogP contribution in [0.2, 0.25) is 0 Å². The Labute approximate surface area is 115 Å². The maximum absolute atomic E-state index is 12.6. The van der Waals surface area contributed by atoms with E-state index in [2.05, 4.69) is 13.8 Å². The average Bonchev–Trinajstić information content (AvgIpc) is 2.76. The lowest BCUT2D eigenvalue weighted by molar-refractivity contribution is -0.150. The van der Waals surface area contributed by atoms with Gasteiger partial charge >= 0.3 is 5.97 Å². The molecule has 1 saturated carbocycles. The maximum atomic E-state index is 12.6. The van der Waals surface area contributed by atoms with Gasteiger partial charge in [-0.1, -0.05) is 20.3 Å². The van der Waals surface area contributed by atoms with Gasteiger partial charge in [0, 0.05) is 19.0 Å². The van der Waals surface area contributed by atoms with Crippen molar-refractivity contribution < 1.29 is 14.3 Å². The molecule has 1 heterocycles. The number of hydrogen-bond donors (Lipinski definition) is 0. The molecule has 0 radical (unpaired) electrons. The van der Waals surface area contributed by atoms with Crippen LogP contribution >= 0.6 is 0 Å². The van der Waals surface area contributed by atoms with Gasteiger partial charge in [0.1, 0.15) is 0 Å². The second kappa shape index (κ2) is 5.51. The van der Waals surface area contributed by atoms with Gasteiger partial charge in [-0.25, -0.2) is 0 Å². The summed E-state index contributed by atoms with van der Waals surface area (Å²) in [5.41, 5.74) is 0.106. The Bertz CT molecular complexity index is 364. The fourth-order valence-corrected chi connectivity index (χ4v) is 3.54. The van der Waals surface area contributed by atoms with E-state index in [4.69, 9.17) is 4.74 Å². The minimum absolute atomic E-state index is 0.106. The van der Waals surface area contributed by atoms with Gasteiger partial charge in [0.15, 0.2) is 0 Å². The molecule has 0 aromatic rings. The third kappa shape index (κ3) is 2.93. The van der Waals surface area contributed by atoms with Crippen molar-refractivity contribution in [2.75, 3.05) is 20.2 Å². The van der Waals surface area contributed by atoms with E-state index in [1.165, 1.54) is 7.11 Å². The Kier molecular flexibility index (Phi) is 4.16. The van der Waals surface area contributed by atoms with Crippen LogP contribution in [0.3, 0.4) is 0 Å². The molecule has 108 valence electrons. The summed E-state index contributed by atoms with van der Waals surface area (Å²) < 4.78 is 4.81. The molecular formula is C15H25NO3. The summed E-state index contributed by atoms with van der Waals surface area (Å²) in [5, 5.41) is 0. The van der Waals surface area contributed by atoms with E-state index in [1.807, 2.05) is 4.90 Å². The number of rotatable bonds is 2. The van der Waals surface area contributed by atoms with Gasteiger partial charge in [-0.15, -0.1) is 0 Å². The van der Waals surface area contributed by atoms with Crippen LogP contribution in [0.15, 0.2) is 0 Å². The van der Waals surface area contributed by atoms with Crippen molar-refractivity contribution in [2.45, 2.75) is 46.0 Å². The van der Waals surface area contributed by atoms with E-state index in [9.17, 15) is 9.59 Å². The molecule has 2 aliphatic rings. The lowest BCUT2D eigenvalue weighted by atomic mass is 9.80. The summed E-state index contributed by atoms with van der Waals surface area (Å²) in [6.45, 7) is 5.70. The first-order valence-electron chi connectivity index (χ1n) is 7.32. The number of methoxy groups -OCH3 is 1. The van der Waals surface area contributed by atoms with Crippen molar-refractivity contribution in [3.8, 4) is 0 Å². The van der Waals surface area contributed by atoms with Crippen LogP contribution in [0.5, 0.6) is 0 Å². The molecule has 19 heavy (non-hydrogen) atoms. The van der Waals surface area contributed by atoms with Gasteiger partial charge in [-0.3, -0.25) is 9.59 Å². The molecule has 2 rings (SSSR count). The lowest BCUT2D eigenvalue weighted by Crippen LogP contribution is -2.46. The van der Waals surface area contributed by atoms with Crippen LogP contribution in [0, 0.1) is 17.3 Å². The third-order valence-electron chi connectivity index (χ3n) is 4.82. The second-order valence-electron chi connectivity index (χ2n) is 6.58. The zero-order valence-corrected chi connectivity index (χ0v) is 12.3. The number of piperidine rings is 1. The minimum Gasteiger partial charge on any atom is -0.469 e. The van der Waals surface area contributed by atoms with Gasteiger partial charge in [0.05, 0.1) is 13.0 Å². The van der Waals surface area contributed by atoms with Gasteiger partial charge in [-0.2, -0.15) is 0 Å². The Morgan fingerprint density at radius 3 is 2.53 bits per heavy atom. The predicted octanol–water partition coefficient (Wildman–Crippen LogP) is 2.22. The normalized spacial score (nSPS) is 30.2. The van der Waals surface area contributed by atoms with Crippen molar-refractivity contribution in [3.63, 3.8) is 0 Å². The summed E-state index contributed by atoms with van der Waals surface area (Å²) in [6, 6.07) is 0. The van der Waals surface area contributed by atoms with E-state index in [0.717, 1.165) is 38.6 Å². The number of likely N-dealkylation sites (tertiary alicyclic amines) is 1. The monoisotopic (exact) mass is 267 g/mol. The molecule has 0 aromatic carbocycles. The fourth-order valence-electron chi connectivity index (χ4n) is 3.54. The molecule has 4 nitrogen and oxygen atoms in total. The number of amides is 1. The third-order valence-corrected chi connectivity index (χ3v) is 4.82. The standard InChI is InChI=1S/C15H25NO3/c1-15(2)8-4-7-12(15)13(17)16-9-5-6-11(10-16)14(18)19-3/h11-12H,4-10H2,1-3H3/t11-,12?/m0/s1. The second-order valence-corrected chi connectivity index (χ2v) is 6.58. The van der Waals surface area contributed by atoms with Crippen LogP contribution in [-0.4, -0.2) is 37.0 Å². The fraction of sp³-hybridized carbons (Fsp3) is 0.867. The molecule has 2 atom stereocenters.